The van der Waals surface area contributed by atoms with E-state index in [2.05, 4.69) is 36.2 Å². The number of benzene rings is 1. The molecule has 0 aromatic heterocycles. The summed E-state index contributed by atoms with van der Waals surface area (Å²) in [7, 11) is 1.83. The molecule has 2 rings (SSSR count). The molecule has 2 unspecified atom stereocenters. The Balaban J connectivity index is 2.26. The van der Waals surface area contributed by atoms with Gasteiger partial charge in [-0.1, -0.05) is 0 Å². The Morgan fingerprint density at radius 2 is 2.00 bits per heavy atom. The molecule has 4 nitrogen and oxygen atoms in total. The summed E-state index contributed by atoms with van der Waals surface area (Å²) in [4.78, 5) is 2.28. The first-order valence-corrected chi connectivity index (χ1v) is 6.26. The summed E-state index contributed by atoms with van der Waals surface area (Å²) in [6, 6.07) is 8.18. The summed E-state index contributed by atoms with van der Waals surface area (Å²) in [5.74, 6) is 0. The van der Waals surface area contributed by atoms with E-state index >= 15 is 0 Å². The number of hydrogen-bond acceptors (Lipinski definition) is 4. The van der Waals surface area contributed by atoms with Crippen LogP contribution < -0.4 is 10.2 Å². The fraction of sp³-hybridized carbons (Fsp3) is 0.500. The smallest absolute Gasteiger partial charge is 0.101 e. The molecule has 0 bridgehead atoms. The zero-order valence-electron chi connectivity index (χ0n) is 11.1. The van der Waals surface area contributed by atoms with E-state index in [-0.39, 0.29) is 12.2 Å². The Kier molecular flexibility index (Phi) is 3.73. The van der Waals surface area contributed by atoms with Gasteiger partial charge in [0.1, 0.15) is 6.07 Å². The molecule has 2 atom stereocenters. The fourth-order valence-corrected chi connectivity index (χ4v) is 2.43. The molecule has 1 heterocycles. The van der Waals surface area contributed by atoms with Gasteiger partial charge in [-0.3, -0.25) is 0 Å². The summed E-state index contributed by atoms with van der Waals surface area (Å²) in [5.41, 5.74) is 2.64. The van der Waals surface area contributed by atoms with Gasteiger partial charge in [0.2, 0.25) is 0 Å². The van der Waals surface area contributed by atoms with Gasteiger partial charge in [-0.15, -0.1) is 0 Å². The highest BCUT2D eigenvalue weighted by atomic mass is 16.5. The average molecular weight is 245 g/mol. The first-order chi connectivity index (χ1) is 8.63. The molecule has 1 fully saturated rings. The van der Waals surface area contributed by atoms with Crippen LogP contribution in [0.2, 0.25) is 0 Å². The first-order valence-electron chi connectivity index (χ1n) is 6.26. The number of anilines is 2. The van der Waals surface area contributed by atoms with Gasteiger partial charge in [0.15, 0.2) is 0 Å². The highest BCUT2D eigenvalue weighted by Gasteiger charge is 2.22. The molecular weight excluding hydrogens is 226 g/mol. The Morgan fingerprint density at radius 1 is 1.33 bits per heavy atom. The van der Waals surface area contributed by atoms with Crippen molar-refractivity contribution in [1.82, 2.24) is 0 Å². The Bertz CT molecular complexity index is 457. The number of morpholine rings is 1. The lowest BCUT2D eigenvalue weighted by Crippen LogP contribution is -2.45. The monoisotopic (exact) mass is 245 g/mol. The molecular formula is C14H19N3O. The first kappa shape index (κ1) is 12.7. The van der Waals surface area contributed by atoms with Crippen molar-refractivity contribution in [3.63, 3.8) is 0 Å². The zero-order valence-corrected chi connectivity index (χ0v) is 11.1. The van der Waals surface area contributed by atoms with Gasteiger partial charge < -0.3 is 15.0 Å². The van der Waals surface area contributed by atoms with E-state index in [0.717, 1.165) is 24.5 Å². The number of nitriles is 1. The third-order valence-corrected chi connectivity index (χ3v) is 3.18. The summed E-state index contributed by atoms with van der Waals surface area (Å²) in [5, 5.41) is 12.2. The number of rotatable bonds is 2. The second-order valence-electron chi connectivity index (χ2n) is 4.75. The summed E-state index contributed by atoms with van der Waals surface area (Å²) >= 11 is 0. The quantitative estimate of drug-likeness (QED) is 0.868. The normalized spacial score (nSPS) is 23.6. The van der Waals surface area contributed by atoms with E-state index in [1.807, 2.05) is 19.2 Å². The maximum atomic E-state index is 9.14. The molecule has 1 N–H and O–H groups in total. The molecule has 0 amide bonds. The van der Waals surface area contributed by atoms with Crippen molar-refractivity contribution in [2.75, 3.05) is 30.4 Å². The standard InChI is InChI=1S/C14H19N3O/c1-10-8-17(9-11(2)18-10)13-4-5-14(16-3)12(6-13)7-15/h4-6,10-11,16H,8-9H2,1-3H3. The zero-order chi connectivity index (χ0) is 13.1. The van der Waals surface area contributed by atoms with Crippen molar-refractivity contribution in [2.45, 2.75) is 26.1 Å². The van der Waals surface area contributed by atoms with Gasteiger partial charge in [0.25, 0.3) is 0 Å². The van der Waals surface area contributed by atoms with Gasteiger partial charge in [0, 0.05) is 25.8 Å². The van der Waals surface area contributed by atoms with Crippen molar-refractivity contribution < 1.29 is 4.74 Å². The minimum absolute atomic E-state index is 0.225. The maximum Gasteiger partial charge on any atom is 0.101 e. The fourth-order valence-electron chi connectivity index (χ4n) is 2.43. The lowest BCUT2D eigenvalue weighted by Gasteiger charge is -2.37. The van der Waals surface area contributed by atoms with Crippen molar-refractivity contribution in [3.8, 4) is 6.07 Å². The van der Waals surface area contributed by atoms with E-state index in [4.69, 9.17) is 10.00 Å². The largest absolute Gasteiger partial charge is 0.387 e. The van der Waals surface area contributed by atoms with Crippen LogP contribution in [0.5, 0.6) is 0 Å². The Hall–Kier alpha value is -1.73. The van der Waals surface area contributed by atoms with Crippen LogP contribution in [-0.2, 0) is 4.74 Å². The van der Waals surface area contributed by atoms with Gasteiger partial charge >= 0.3 is 0 Å². The van der Waals surface area contributed by atoms with E-state index < -0.39 is 0 Å². The molecule has 1 aliphatic rings. The van der Waals surface area contributed by atoms with Crippen LogP contribution in [0.25, 0.3) is 0 Å². The molecule has 0 radical (unpaired) electrons. The summed E-state index contributed by atoms with van der Waals surface area (Å²) < 4.78 is 5.72. The van der Waals surface area contributed by atoms with Crippen LogP contribution in [0, 0.1) is 11.3 Å². The van der Waals surface area contributed by atoms with E-state index in [9.17, 15) is 0 Å². The second-order valence-corrected chi connectivity index (χ2v) is 4.75. The van der Waals surface area contributed by atoms with Crippen molar-refractivity contribution in [3.05, 3.63) is 23.8 Å². The predicted molar refractivity (Wildman–Crippen MR) is 72.9 cm³/mol. The Labute approximate surface area is 108 Å². The molecule has 0 saturated carbocycles. The van der Waals surface area contributed by atoms with Crippen LogP contribution in [-0.4, -0.2) is 32.3 Å². The van der Waals surface area contributed by atoms with E-state index in [1.54, 1.807) is 0 Å². The van der Waals surface area contributed by atoms with E-state index in [1.165, 1.54) is 0 Å². The molecule has 0 aliphatic carbocycles. The number of nitrogens with zero attached hydrogens (tertiary/aromatic N) is 2. The molecule has 1 aliphatic heterocycles. The predicted octanol–water partition coefficient (Wildman–Crippen LogP) is 2.21. The third-order valence-electron chi connectivity index (χ3n) is 3.18. The van der Waals surface area contributed by atoms with Crippen LogP contribution in [0.3, 0.4) is 0 Å². The minimum Gasteiger partial charge on any atom is -0.387 e. The van der Waals surface area contributed by atoms with Gasteiger partial charge in [0.05, 0.1) is 23.5 Å². The lowest BCUT2D eigenvalue weighted by molar-refractivity contribution is -0.00521. The minimum atomic E-state index is 0.225. The van der Waals surface area contributed by atoms with Crippen LogP contribution in [0.1, 0.15) is 19.4 Å². The molecule has 1 aromatic rings. The van der Waals surface area contributed by atoms with Crippen molar-refractivity contribution in [2.24, 2.45) is 0 Å². The second kappa shape index (κ2) is 5.28. The van der Waals surface area contributed by atoms with Gasteiger partial charge in [-0.05, 0) is 32.0 Å². The van der Waals surface area contributed by atoms with Crippen LogP contribution in [0.4, 0.5) is 11.4 Å². The lowest BCUT2D eigenvalue weighted by atomic mass is 10.1. The average Bonchev–Trinajstić information content (AvgIpc) is 2.36. The molecule has 18 heavy (non-hydrogen) atoms. The topological polar surface area (TPSA) is 48.3 Å². The maximum absolute atomic E-state index is 9.14. The molecule has 0 spiro atoms. The summed E-state index contributed by atoms with van der Waals surface area (Å²) in [6.45, 7) is 5.90. The Morgan fingerprint density at radius 3 is 2.56 bits per heavy atom. The molecule has 1 aromatic carbocycles. The molecule has 96 valence electrons. The number of nitrogens with one attached hydrogen (secondary N) is 1. The molecule has 1 saturated heterocycles. The van der Waals surface area contributed by atoms with Gasteiger partial charge in [-0.2, -0.15) is 5.26 Å². The van der Waals surface area contributed by atoms with Gasteiger partial charge in [-0.25, -0.2) is 0 Å². The number of hydrogen-bond donors (Lipinski definition) is 1. The van der Waals surface area contributed by atoms with Crippen molar-refractivity contribution >= 4 is 11.4 Å². The van der Waals surface area contributed by atoms with Crippen LogP contribution in [0.15, 0.2) is 18.2 Å². The third kappa shape index (κ3) is 2.57. The molecule has 4 heteroatoms. The highest BCUT2D eigenvalue weighted by molar-refractivity contribution is 5.64. The van der Waals surface area contributed by atoms with Crippen molar-refractivity contribution in [1.29, 1.82) is 5.26 Å². The van der Waals surface area contributed by atoms with Crippen LogP contribution >= 0.6 is 0 Å². The number of ether oxygens (including phenoxy) is 1. The highest BCUT2D eigenvalue weighted by Crippen LogP contribution is 2.25. The summed E-state index contributed by atoms with van der Waals surface area (Å²) in [6.07, 6.45) is 0.450. The SMILES string of the molecule is CNc1ccc(N2CC(C)OC(C)C2)cc1C#N. The van der Waals surface area contributed by atoms with E-state index in [0.29, 0.717) is 5.56 Å².